The summed E-state index contributed by atoms with van der Waals surface area (Å²) in [5, 5.41) is 17.7. The number of nitriles is 1. The zero-order valence-corrected chi connectivity index (χ0v) is 13.4. The molecular weight excluding hydrogens is 313 g/mol. The zero-order valence-electron chi connectivity index (χ0n) is 12.6. The van der Waals surface area contributed by atoms with Gasteiger partial charge in [0, 0.05) is 22.7 Å². The fraction of sp³-hybridized carbons (Fsp3) is 0.222. The molecule has 0 aliphatic rings. The third-order valence-corrected chi connectivity index (χ3v) is 4.28. The van der Waals surface area contributed by atoms with Crippen molar-refractivity contribution in [3.8, 4) is 6.07 Å². The Morgan fingerprint density at radius 2 is 2.17 bits per heavy atom. The van der Waals surface area contributed by atoms with Gasteiger partial charge < -0.3 is 0 Å². The van der Waals surface area contributed by atoms with E-state index in [9.17, 15) is 4.39 Å². The van der Waals surface area contributed by atoms with Gasteiger partial charge in [-0.2, -0.15) is 10.4 Å². The van der Waals surface area contributed by atoms with Crippen LogP contribution in [-0.2, 0) is 0 Å². The lowest BCUT2D eigenvalue weighted by Gasteiger charge is -2.15. The highest BCUT2D eigenvalue weighted by molar-refractivity contribution is 6.30. The Morgan fingerprint density at radius 1 is 1.35 bits per heavy atom. The Balaban J connectivity index is 2.15. The van der Waals surface area contributed by atoms with E-state index in [-0.39, 0.29) is 11.7 Å². The minimum absolute atomic E-state index is 0.289. The first-order valence-electron chi connectivity index (χ1n) is 7.37. The molecule has 0 radical (unpaired) electrons. The molecule has 0 amide bonds. The number of aryl methyl sites for hydroxylation is 1. The normalized spacial score (nSPS) is 12.3. The van der Waals surface area contributed by atoms with Crippen molar-refractivity contribution in [3.63, 3.8) is 0 Å². The average Bonchev–Trinajstić information content (AvgIpc) is 2.95. The lowest BCUT2D eigenvalue weighted by atomic mass is 9.89. The first kappa shape index (κ1) is 15.5. The summed E-state index contributed by atoms with van der Waals surface area (Å²) in [7, 11) is 0. The third kappa shape index (κ3) is 2.93. The van der Waals surface area contributed by atoms with Crippen LogP contribution in [-0.4, -0.2) is 10.2 Å². The van der Waals surface area contributed by atoms with Crippen molar-refractivity contribution in [1.82, 2.24) is 10.2 Å². The molecule has 1 aromatic heterocycles. The number of halogens is 2. The van der Waals surface area contributed by atoms with Crippen LogP contribution in [0, 0.1) is 24.1 Å². The van der Waals surface area contributed by atoms with Crippen molar-refractivity contribution in [2.24, 2.45) is 0 Å². The number of rotatable bonds is 4. The highest BCUT2D eigenvalue weighted by Gasteiger charge is 2.23. The molecule has 1 heterocycles. The highest BCUT2D eigenvalue weighted by Crippen LogP contribution is 2.35. The number of hydrogen-bond acceptors (Lipinski definition) is 2. The number of nitrogens with zero attached hydrogens (tertiary/aromatic N) is 2. The summed E-state index contributed by atoms with van der Waals surface area (Å²) >= 11 is 5.85. The predicted octanol–water partition coefficient (Wildman–Crippen LogP) is 5.10. The van der Waals surface area contributed by atoms with Crippen LogP contribution < -0.4 is 0 Å². The van der Waals surface area contributed by atoms with Crippen LogP contribution in [0.3, 0.4) is 0 Å². The monoisotopic (exact) mass is 327 g/mol. The topological polar surface area (TPSA) is 52.5 Å². The van der Waals surface area contributed by atoms with Gasteiger partial charge in [-0.3, -0.25) is 5.10 Å². The molecule has 0 saturated heterocycles. The minimum Gasteiger partial charge on any atom is -0.277 e. The van der Waals surface area contributed by atoms with Gasteiger partial charge in [0.1, 0.15) is 5.82 Å². The minimum atomic E-state index is -0.371. The summed E-state index contributed by atoms with van der Waals surface area (Å²) in [6, 6.07) is 12.7. The van der Waals surface area contributed by atoms with E-state index in [1.165, 1.54) is 6.07 Å². The molecule has 3 nitrogen and oxygen atoms in total. The molecular formula is C18H15ClFN3. The first-order valence-corrected chi connectivity index (χ1v) is 7.75. The van der Waals surface area contributed by atoms with Gasteiger partial charge in [0.05, 0.1) is 17.3 Å². The van der Waals surface area contributed by atoms with Gasteiger partial charge in [-0.25, -0.2) is 4.39 Å². The molecule has 1 N–H and O–H groups in total. The maximum absolute atomic E-state index is 14.4. The summed E-state index contributed by atoms with van der Waals surface area (Å²) < 4.78 is 14.4. The molecule has 0 aliphatic carbocycles. The molecule has 116 valence electrons. The van der Waals surface area contributed by atoms with E-state index in [2.05, 4.69) is 16.3 Å². The standard InChI is InChI=1S/C18H15ClFN3/c1-11-4-2-5-15-17(11)22-23-18(15)14(6-3-9-21)13-8-7-12(19)10-16(13)20/h2,4-5,7-8,10,14H,3,6H2,1H3,(H,22,23). The van der Waals surface area contributed by atoms with Crippen molar-refractivity contribution in [2.75, 3.05) is 0 Å². The summed E-state index contributed by atoms with van der Waals surface area (Å²) in [5.74, 6) is -0.660. The van der Waals surface area contributed by atoms with Crippen molar-refractivity contribution in [1.29, 1.82) is 5.26 Å². The van der Waals surface area contributed by atoms with Gasteiger partial charge in [-0.15, -0.1) is 0 Å². The average molecular weight is 328 g/mol. The smallest absolute Gasteiger partial charge is 0.128 e. The number of H-pyrrole nitrogens is 1. The van der Waals surface area contributed by atoms with Gasteiger partial charge in [0.25, 0.3) is 0 Å². The molecule has 0 spiro atoms. The van der Waals surface area contributed by atoms with Gasteiger partial charge >= 0.3 is 0 Å². The molecule has 3 aromatic rings. The number of aromatic amines is 1. The Kier molecular flexibility index (Phi) is 4.31. The van der Waals surface area contributed by atoms with Crippen LogP contribution in [0.4, 0.5) is 4.39 Å². The van der Waals surface area contributed by atoms with Crippen LogP contribution in [0.2, 0.25) is 5.02 Å². The van der Waals surface area contributed by atoms with Crippen molar-refractivity contribution < 1.29 is 4.39 Å². The second-order valence-corrected chi connectivity index (χ2v) is 5.96. The van der Waals surface area contributed by atoms with Gasteiger partial charge in [0.2, 0.25) is 0 Å². The Bertz CT molecular complexity index is 895. The first-order chi connectivity index (χ1) is 11.1. The van der Waals surface area contributed by atoms with Crippen LogP contribution in [0.5, 0.6) is 0 Å². The molecule has 1 unspecified atom stereocenters. The van der Waals surface area contributed by atoms with E-state index in [4.69, 9.17) is 16.9 Å². The highest BCUT2D eigenvalue weighted by atomic mass is 35.5. The fourth-order valence-electron chi connectivity index (χ4n) is 2.90. The van der Waals surface area contributed by atoms with E-state index in [1.807, 2.05) is 25.1 Å². The predicted molar refractivity (Wildman–Crippen MR) is 88.9 cm³/mol. The van der Waals surface area contributed by atoms with Crippen LogP contribution in [0.15, 0.2) is 36.4 Å². The lowest BCUT2D eigenvalue weighted by Crippen LogP contribution is -2.05. The zero-order chi connectivity index (χ0) is 16.4. The molecule has 2 aromatic carbocycles. The Labute approximate surface area is 138 Å². The quantitative estimate of drug-likeness (QED) is 0.724. The van der Waals surface area contributed by atoms with Gasteiger partial charge in [-0.05, 0) is 36.6 Å². The maximum Gasteiger partial charge on any atom is 0.128 e. The Morgan fingerprint density at radius 3 is 2.91 bits per heavy atom. The van der Waals surface area contributed by atoms with E-state index in [0.717, 1.165) is 22.2 Å². The molecule has 0 aliphatic heterocycles. The van der Waals surface area contributed by atoms with Gasteiger partial charge in [-0.1, -0.05) is 35.9 Å². The fourth-order valence-corrected chi connectivity index (χ4v) is 3.06. The second kappa shape index (κ2) is 6.39. The lowest BCUT2D eigenvalue weighted by molar-refractivity contribution is 0.584. The summed E-state index contributed by atoms with van der Waals surface area (Å²) in [4.78, 5) is 0. The van der Waals surface area contributed by atoms with E-state index >= 15 is 0 Å². The molecule has 0 saturated carbocycles. The number of aromatic nitrogens is 2. The molecule has 23 heavy (non-hydrogen) atoms. The van der Waals surface area contributed by atoms with Crippen molar-refractivity contribution in [3.05, 3.63) is 64.1 Å². The SMILES string of the molecule is Cc1cccc2c(C(CCC#N)c3ccc(Cl)cc3F)n[nH]c12. The number of fused-ring (bicyclic) bond motifs is 1. The summed E-state index contributed by atoms with van der Waals surface area (Å²) in [6.07, 6.45) is 0.829. The van der Waals surface area contributed by atoms with Gasteiger partial charge in [0.15, 0.2) is 0 Å². The maximum atomic E-state index is 14.4. The second-order valence-electron chi connectivity index (χ2n) is 5.52. The Hall–Kier alpha value is -2.38. The van der Waals surface area contributed by atoms with Crippen molar-refractivity contribution in [2.45, 2.75) is 25.7 Å². The molecule has 5 heteroatoms. The number of hydrogen-bond donors (Lipinski definition) is 1. The molecule has 1 atom stereocenters. The molecule has 0 bridgehead atoms. The number of nitrogens with one attached hydrogen (secondary N) is 1. The van der Waals surface area contributed by atoms with Crippen LogP contribution in [0.25, 0.3) is 10.9 Å². The molecule has 0 fully saturated rings. The van der Waals surface area contributed by atoms with Crippen LogP contribution in [0.1, 0.15) is 35.6 Å². The molecule has 3 rings (SSSR count). The number of para-hydroxylation sites is 1. The van der Waals surface area contributed by atoms with Crippen molar-refractivity contribution >= 4 is 22.5 Å². The third-order valence-electron chi connectivity index (χ3n) is 4.05. The number of benzene rings is 2. The summed E-state index contributed by atoms with van der Waals surface area (Å²) in [6.45, 7) is 2.00. The summed E-state index contributed by atoms with van der Waals surface area (Å²) in [5.41, 5.74) is 3.30. The van der Waals surface area contributed by atoms with Crippen LogP contribution >= 0.6 is 11.6 Å². The van der Waals surface area contributed by atoms with E-state index in [1.54, 1.807) is 12.1 Å². The van der Waals surface area contributed by atoms with E-state index < -0.39 is 0 Å². The largest absolute Gasteiger partial charge is 0.277 e. The van der Waals surface area contributed by atoms with E-state index in [0.29, 0.717) is 23.4 Å².